The molecule has 33 heavy (non-hydrogen) atoms. The fraction of sp³-hybridized carbons (Fsp3) is 0.333. The highest BCUT2D eigenvalue weighted by Gasteiger charge is 2.23. The van der Waals surface area contributed by atoms with Crippen LogP contribution in [0, 0.1) is 0 Å². The number of aromatic amines is 1. The van der Waals surface area contributed by atoms with Gasteiger partial charge in [-0.2, -0.15) is 0 Å². The Morgan fingerprint density at radius 2 is 2.03 bits per heavy atom. The first-order valence-electron chi connectivity index (χ1n) is 8.84. The monoisotopic (exact) mass is 518 g/mol. The number of primary amides is 1. The van der Waals surface area contributed by atoms with Gasteiger partial charge in [0.2, 0.25) is 5.91 Å². The highest BCUT2D eigenvalue weighted by Crippen LogP contribution is 2.32. The molecule has 1 aliphatic heterocycles. The number of nitrogens with zero attached hydrogens (tertiary/aromatic N) is 1. The first kappa shape index (κ1) is 33.0. The Balaban J connectivity index is 0. The number of nitrogen functional groups attached to an aromatic ring is 1. The number of nitrogens with two attached hydrogens (primary N) is 2. The van der Waals surface area contributed by atoms with Crippen molar-refractivity contribution in [3.05, 3.63) is 41.4 Å². The first-order valence-corrected chi connectivity index (χ1v) is 11.0. The largest absolute Gasteiger partial charge is 0.491 e. The molecule has 1 aliphatic rings. The summed E-state index contributed by atoms with van der Waals surface area (Å²) >= 11 is 7.24. The van der Waals surface area contributed by atoms with Crippen LogP contribution in [-0.4, -0.2) is 57.0 Å². The Morgan fingerprint density at radius 3 is 2.58 bits per heavy atom. The highest BCUT2D eigenvalue weighted by atomic mass is 32.2. The number of carbonyl (C=O) groups is 1. The predicted molar refractivity (Wildman–Crippen MR) is 144 cm³/mol. The van der Waals surface area contributed by atoms with Gasteiger partial charge in [0.1, 0.15) is 17.4 Å². The number of rotatable bonds is 6. The molecule has 0 aliphatic carbocycles. The number of thiophene rings is 1. The summed E-state index contributed by atoms with van der Waals surface area (Å²) in [5, 5.41) is 12.7. The number of hydrogen-bond donors (Lipinski definition) is 5. The van der Waals surface area contributed by atoms with Crippen molar-refractivity contribution in [2.45, 2.75) is 30.7 Å². The van der Waals surface area contributed by atoms with Gasteiger partial charge in [0.25, 0.3) is 0 Å². The lowest BCUT2D eigenvalue weighted by molar-refractivity contribution is -0.117. The zero-order valence-electron chi connectivity index (χ0n) is 16.5. The van der Waals surface area contributed by atoms with Gasteiger partial charge in [0.05, 0.1) is 34.3 Å². The summed E-state index contributed by atoms with van der Waals surface area (Å²) in [5.74, 6) is 0.299. The second kappa shape index (κ2) is 15.6. The number of hydrogen-bond acceptors (Lipinski definition) is 8. The van der Waals surface area contributed by atoms with Crippen molar-refractivity contribution in [2.24, 2.45) is 10.7 Å². The minimum atomic E-state index is -0.314. The number of nitrogens with one attached hydrogen (secondary N) is 1. The van der Waals surface area contributed by atoms with E-state index < -0.39 is 0 Å². The normalized spacial score (nSPS) is 13.8. The summed E-state index contributed by atoms with van der Waals surface area (Å²) in [6.07, 6.45) is 0.319. The number of ether oxygens (including phenoxy) is 1. The Bertz CT molecular complexity index is 1010. The Hall–Kier alpha value is -2.22. The zero-order chi connectivity index (χ0) is 20.8. The summed E-state index contributed by atoms with van der Waals surface area (Å²) in [6, 6.07) is 9.48. The molecule has 0 saturated heterocycles. The Labute approximate surface area is 207 Å². The smallest absolute Gasteiger partial charge is 0.218 e. The van der Waals surface area contributed by atoms with E-state index in [0.29, 0.717) is 24.4 Å². The summed E-state index contributed by atoms with van der Waals surface area (Å²) in [7, 11) is 0. The molecule has 0 saturated carbocycles. The Morgan fingerprint density at radius 1 is 1.30 bits per heavy atom. The Kier molecular flexibility index (Phi) is 15.6. The molecule has 3 heterocycles. The van der Waals surface area contributed by atoms with Gasteiger partial charge in [0.15, 0.2) is 0 Å². The number of aromatic nitrogens is 1. The van der Waals surface area contributed by atoms with Gasteiger partial charge < -0.3 is 37.2 Å². The number of aliphatic hydroxyl groups excluding tert-OH is 1. The third-order valence-electron chi connectivity index (χ3n) is 3.97. The predicted octanol–water partition coefficient (Wildman–Crippen LogP) is 2.52. The van der Waals surface area contributed by atoms with E-state index in [1.54, 1.807) is 29.2 Å². The summed E-state index contributed by atoms with van der Waals surface area (Å²) in [6.45, 7) is 0.753. The van der Waals surface area contributed by atoms with Crippen molar-refractivity contribution in [1.82, 2.24) is 4.98 Å². The molecule has 12 heteroatoms. The van der Waals surface area contributed by atoms with Crippen LogP contribution in [-0.2, 0) is 4.79 Å². The second-order valence-corrected chi connectivity index (χ2v) is 9.26. The number of amides is 1. The third-order valence-corrected chi connectivity index (χ3v) is 6.33. The van der Waals surface area contributed by atoms with Gasteiger partial charge in [-0.3, -0.25) is 9.79 Å². The number of thiol groups is 1. The molecule has 10 N–H and O–H groups in total. The number of aliphatic hydroxyl groups is 1. The van der Waals surface area contributed by atoms with Gasteiger partial charge >= 0.3 is 0 Å². The average molecular weight is 519 g/mol. The SMILES string of the molecule is C.C.NC(=O)CC1CN=C(c2cc3cc(OCCO)cc(N)c3[nH]2)S1.O.O.Sc1cccs1. The number of thioether (sulfide) groups is 1. The van der Waals surface area contributed by atoms with Gasteiger partial charge in [-0.1, -0.05) is 32.7 Å². The van der Waals surface area contributed by atoms with Crippen LogP contribution in [0.4, 0.5) is 5.69 Å². The topological polar surface area (TPSA) is 190 Å². The molecule has 1 unspecified atom stereocenters. The van der Waals surface area contributed by atoms with Crippen molar-refractivity contribution < 1.29 is 25.6 Å². The van der Waals surface area contributed by atoms with Crippen molar-refractivity contribution in [3.63, 3.8) is 0 Å². The van der Waals surface area contributed by atoms with Crippen LogP contribution in [0.25, 0.3) is 10.9 Å². The van der Waals surface area contributed by atoms with Gasteiger partial charge in [-0.25, -0.2) is 0 Å². The number of carbonyl (C=O) groups excluding carboxylic acids is 1. The van der Waals surface area contributed by atoms with E-state index in [1.807, 2.05) is 29.6 Å². The summed E-state index contributed by atoms with van der Waals surface area (Å²) in [5.41, 5.74) is 13.5. The van der Waals surface area contributed by atoms with E-state index in [1.165, 1.54) is 0 Å². The molecule has 0 bridgehead atoms. The molecule has 1 amide bonds. The van der Waals surface area contributed by atoms with Crippen LogP contribution in [0.1, 0.15) is 27.0 Å². The molecule has 4 rings (SSSR count). The number of aliphatic imine (C=N–C) groups is 1. The number of fused-ring (bicyclic) bond motifs is 1. The van der Waals surface area contributed by atoms with Gasteiger partial charge in [-0.15, -0.1) is 24.0 Å². The summed E-state index contributed by atoms with van der Waals surface area (Å²) < 4.78 is 6.49. The maximum absolute atomic E-state index is 11.0. The maximum atomic E-state index is 11.0. The van der Waals surface area contributed by atoms with E-state index in [4.69, 9.17) is 21.3 Å². The maximum Gasteiger partial charge on any atom is 0.218 e. The van der Waals surface area contributed by atoms with E-state index >= 15 is 0 Å². The highest BCUT2D eigenvalue weighted by molar-refractivity contribution is 8.15. The number of anilines is 1. The van der Waals surface area contributed by atoms with Gasteiger partial charge in [0, 0.05) is 23.1 Å². The minimum Gasteiger partial charge on any atom is -0.491 e. The van der Waals surface area contributed by atoms with E-state index in [0.717, 1.165) is 25.8 Å². The molecule has 3 aromatic rings. The van der Waals surface area contributed by atoms with Crippen molar-refractivity contribution in [1.29, 1.82) is 0 Å². The standard InChI is InChI=1S/C15H18N4O3S.C4H4S2.2CH4.2H2O/c16-11-5-9(22-2-1-20)3-8-4-12(19-14(8)11)15-18-7-10(23-15)6-13(17)21;5-4-2-1-3-6-4;;;;/h3-5,10,19-20H,1-2,6-7,16H2,(H2,17,21);1-3,5H;2*1H4;2*1H2. The lowest BCUT2D eigenvalue weighted by atomic mass is 10.2. The van der Waals surface area contributed by atoms with Crippen LogP contribution >= 0.6 is 35.7 Å². The molecule has 0 radical (unpaired) electrons. The zero-order valence-corrected chi connectivity index (χ0v) is 19.0. The molecule has 1 aromatic carbocycles. The molecule has 1 atom stereocenters. The molecular weight excluding hydrogens is 484 g/mol. The lowest BCUT2D eigenvalue weighted by Crippen LogP contribution is -2.18. The minimum absolute atomic E-state index is 0. The molecule has 186 valence electrons. The fourth-order valence-corrected chi connectivity index (χ4v) is 4.59. The van der Waals surface area contributed by atoms with Crippen molar-refractivity contribution in [2.75, 3.05) is 25.5 Å². The van der Waals surface area contributed by atoms with Crippen LogP contribution < -0.4 is 16.2 Å². The third kappa shape index (κ3) is 9.27. The van der Waals surface area contributed by atoms with E-state index in [-0.39, 0.29) is 50.2 Å². The van der Waals surface area contributed by atoms with Crippen LogP contribution in [0.3, 0.4) is 0 Å². The summed E-state index contributed by atoms with van der Waals surface area (Å²) in [4.78, 5) is 18.7. The number of benzene rings is 1. The average Bonchev–Trinajstić information content (AvgIpc) is 3.40. The van der Waals surface area contributed by atoms with Crippen LogP contribution in [0.15, 0.2) is 44.9 Å². The first-order chi connectivity index (χ1) is 14.0. The molecular formula is C21H34N4O5S3. The van der Waals surface area contributed by atoms with Crippen molar-refractivity contribution >= 4 is 63.3 Å². The van der Waals surface area contributed by atoms with E-state index in [2.05, 4.69) is 22.6 Å². The second-order valence-electron chi connectivity index (χ2n) is 6.24. The van der Waals surface area contributed by atoms with Gasteiger partial charge in [-0.05, 0) is 23.6 Å². The lowest BCUT2D eigenvalue weighted by Gasteiger charge is -2.05. The van der Waals surface area contributed by atoms with Crippen LogP contribution in [0.2, 0.25) is 0 Å². The molecule has 2 aromatic heterocycles. The molecule has 9 nitrogen and oxygen atoms in total. The van der Waals surface area contributed by atoms with Crippen molar-refractivity contribution in [3.8, 4) is 5.75 Å². The molecule has 0 spiro atoms. The van der Waals surface area contributed by atoms with E-state index in [9.17, 15) is 4.79 Å². The number of H-pyrrole nitrogens is 1. The fourth-order valence-electron chi connectivity index (χ4n) is 2.77. The quantitative estimate of drug-likeness (QED) is 0.247. The molecule has 0 fully saturated rings. The van der Waals surface area contributed by atoms with Crippen LogP contribution in [0.5, 0.6) is 5.75 Å².